The quantitative estimate of drug-likeness (QED) is 0.511. The minimum atomic E-state index is -1.05. The van der Waals surface area contributed by atoms with Crippen molar-refractivity contribution in [3.63, 3.8) is 0 Å². The first-order valence-electron chi connectivity index (χ1n) is 9.88. The lowest BCUT2D eigenvalue weighted by Crippen LogP contribution is -2.50. The molecule has 1 amide bonds. The van der Waals surface area contributed by atoms with Gasteiger partial charge in [-0.1, -0.05) is 48.5 Å². The maximum absolute atomic E-state index is 12.2. The zero-order valence-corrected chi connectivity index (χ0v) is 17.4. The Bertz CT molecular complexity index is 885. The summed E-state index contributed by atoms with van der Waals surface area (Å²) in [4.78, 5) is 36.1. The van der Waals surface area contributed by atoms with Crippen LogP contribution in [0.3, 0.4) is 0 Å². The minimum Gasteiger partial charge on any atom is -0.459 e. The van der Waals surface area contributed by atoms with Gasteiger partial charge in [-0.25, -0.2) is 9.59 Å². The number of esters is 1. The van der Waals surface area contributed by atoms with Crippen molar-refractivity contribution in [2.45, 2.75) is 44.5 Å². The van der Waals surface area contributed by atoms with E-state index in [4.69, 9.17) is 18.9 Å². The normalized spacial score (nSPS) is 20.5. The molecule has 8 heteroatoms. The molecule has 3 rings (SSSR count). The summed E-state index contributed by atoms with van der Waals surface area (Å²) in [6.07, 6.45) is -1.84. The van der Waals surface area contributed by atoms with Gasteiger partial charge in [-0.2, -0.15) is 0 Å². The highest BCUT2D eigenvalue weighted by molar-refractivity contribution is 5.89. The fraction of sp³-hybridized carbons (Fsp3) is 0.348. The standard InChI is InChI=1S/C23H25NO7/c1-23(2)30-19(15-28-21(26)17-11-7-4-8-12-17)20(31-23)18(13-25)24-22(27)29-14-16-9-5-3-6-10-16/h3-13,18-20H,14-15H2,1-2H3,(H,24,27)/t18-,19-,20+/m1/s1. The van der Waals surface area contributed by atoms with Crippen molar-refractivity contribution < 1.29 is 33.3 Å². The summed E-state index contributed by atoms with van der Waals surface area (Å²) < 4.78 is 22.1. The van der Waals surface area contributed by atoms with E-state index in [1.807, 2.05) is 30.3 Å². The topological polar surface area (TPSA) is 100 Å². The Morgan fingerprint density at radius 2 is 1.68 bits per heavy atom. The van der Waals surface area contributed by atoms with Gasteiger partial charge in [0.15, 0.2) is 5.79 Å². The average Bonchev–Trinajstić information content (AvgIpc) is 3.09. The van der Waals surface area contributed by atoms with Gasteiger partial charge in [0, 0.05) is 0 Å². The Balaban J connectivity index is 1.59. The van der Waals surface area contributed by atoms with Crippen LogP contribution in [0, 0.1) is 0 Å². The number of amides is 1. The molecular formula is C23H25NO7. The number of ether oxygens (including phenoxy) is 4. The molecule has 2 aromatic carbocycles. The van der Waals surface area contributed by atoms with Crippen molar-refractivity contribution in [3.05, 3.63) is 71.8 Å². The molecule has 2 aromatic rings. The van der Waals surface area contributed by atoms with Gasteiger partial charge in [0.1, 0.15) is 37.7 Å². The van der Waals surface area contributed by atoms with Crippen LogP contribution in [-0.4, -0.2) is 49.0 Å². The molecule has 1 saturated heterocycles. The van der Waals surface area contributed by atoms with Gasteiger partial charge in [0.2, 0.25) is 0 Å². The first-order chi connectivity index (χ1) is 14.9. The fourth-order valence-corrected chi connectivity index (χ4v) is 3.21. The van der Waals surface area contributed by atoms with Crippen molar-refractivity contribution in [1.29, 1.82) is 0 Å². The van der Waals surface area contributed by atoms with Crippen LogP contribution in [0.1, 0.15) is 29.8 Å². The highest BCUT2D eigenvalue weighted by Gasteiger charge is 2.46. The van der Waals surface area contributed by atoms with Gasteiger partial charge in [-0.3, -0.25) is 0 Å². The van der Waals surface area contributed by atoms with Crippen LogP contribution in [0.2, 0.25) is 0 Å². The highest BCUT2D eigenvalue weighted by Crippen LogP contribution is 2.30. The average molecular weight is 427 g/mol. The van der Waals surface area contributed by atoms with Crippen LogP contribution in [0.25, 0.3) is 0 Å². The summed E-state index contributed by atoms with van der Waals surface area (Å²) in [6.45, 7) is 3.26. The molecule has 0 saturated carbocycles. The highest BCUT2D eigenvalue weighted by atomic mass is 16.8. The Kier molecular flexibility index (Phi) is 7.38. The molecular weight excluding hydrogens is 402 g/mol. The number of alkyl carbamates (subject to hydrolysis) is 1. The van der Waals surface area contributed by atoms with Gasteiger partial charge in [-0.05, 0) is 31.5 Å². The second kappa shape index (κ2) is 10.2. The van der Waals surface area contributed by atoms with Crippen LogP contribution in [0.5, 0.6) is 0 Å². The zero-order chi connectivity index (χ0) is 22.3. The predicted octanol–water partition coefficient (Wildman–Crippen LogP) is 2.86. The maximum atomic E-state index is 12.2. The molecule has 1 heterocycles. The number of hydrogen-bond acceptors (Lipinski definition) is 7. The number of nitrogens with one attached hydrogen (secondary N) is 1. The Morgan fingerprint density at radius 1 is 1.03 bits per heavy atom. The van der Waals surface area contributed by atoms with E-state index in [9.17, 15) is 14.4 Å². The number of carbonyl (C=O) groups is 3. The summed E-state index contributed by atoms with van der Waals surface area (Å²) in [6, 6.07) is 16.6. The lowest BCUT2D eigenvalue weighted by Gasteiger charge is -2.23. The summed E-state index contributed by atoms with van der Waals surface area (Å²) in [5.74, 6) is -1.55. The molecule has 0 bridgehead atoms. The fourth-order valence-electron chi connectivity index (χ4n) is 3.21. The third kappa shape index (κ3) is 6.37. The van der Waals surface area contributed by atoms with Gasteiger partial charge >= 0.3 is 12.1 Å². The molecule has 0 radical (unpaired) electrons. The molecule has 1 aliphatic rings. The van der Waals surface area contributed by atoms with Crippen molar-refractivity contribution in [3.8, 4) is 0 Å². The largest absolute Gasteiger partial charge is 0.459 e. The van der Waals surface area contributed by atoms with Crippen LogP contribution in [0.4, 0.5) is 4.79 Å². The van der Waals surface area contributed by atoms with Gasteiger partial charge in [-0.15, -0.1) is 0 Å². The van der Waals surface area contributed by atoms with E-state index in [1.165, 1.54) is 0 Å². The second-order valence-corrected chi connectivity index (χ2v) is 7.47. The molecule has 8 nitrogen and oxygen atoms in total. The van der Waals surface area contributed by atoms with E-state index in [1.54, 1.807) is 44.2 Å². The molecule has 1 fully saturated rings. The van der Waals surface area contributed by atoms with Crippen LogP contribution >= 0.6 is 0 Å². The van der Waals surface area contributed by atoms with Crippen molar-refractivity contribution in [2.75, 3.05) is 6.61 Å². The molecule has 0 unspecified atom stereocenters. The van der Waals surface area contributed by atoms with Crippen LogP contribution in [-0.2, 0) is 30.3 Å². The molecule has 164 valence electrons. The van der Waals surface area contributed by atoms with Crippen LogP contribution < -0.4 is 5.32 Å². The van der Waals surface area contributed by atoms with Crippen molar-refractivity contribution >= 4 is 18.3 Å². The van der Waals surface area contributed by atoms with Crippen LogP contribution in [0.15, 0.2) is 60.7 Å². The monoisotopic (exact) mass is 427 g/mol. The summed E-state index contributed by atoms with van der Waals surface area (Å²) in [5, 5.41) is 2.49. The smallest absolute Gasteiger partial charge is 0.408 e. The van der Waals surface area contributed by atoms with E-state index in [-0.39, 0.29) is 13.2 Å². The number of rotatable bonds is 8. The molecule has 0 aromatic heterocycles. The first-order valence-corrected chi connectivity index (χ1v) is 9.88. The SMILES string of the molecule is CC1(C)O[C@@H]([C@@H](C=O)NC(=O)OCc2ccccc2)[C@@H](COC(=O)c2ccccc2)O1. The molecule has 0 spiro atoms. The third-order valence-corrected chi connectivity index (χ3v) is 4.61. The minimum absolute atomic E-state index is 0.0594. The lowest BCUT2D eigenvalue weighted by atomic mass is 10.1. The predicted molar refractivity (Wildman–Crippen MR) is 110 cm³/mol. The lowest BCUT2D eigenvalue weighted by molar-refractivity contribution is -0.151. The third-order valence-electron chi connectivity index (χ3n) is 4.61. The molecule has 1 aliphatic heterocycles. The van der Waals surface area contributed by atoms with Gasteiger partial charge in [0.05, 0.1) is 5.56 Å². The van der Waals surface area contributed by atoms with E-state index in [0.717, 1.165) is 5.56 Å². The molecule has 1 N–H and O–H groups in total. The van der Waals surface area contributed by atoms with Crippen molar-refractivity contribution in [2.24, 2.45) is 0 Å². The van der Waals surface area contributed by atoms with E-state index < -0.39 is 36.1 Å². The van der Waals surface area contributed by atoms with E-state index in [2.05, 4.69) is 5.32 Å². The molecule has 0 aliphatic carbocycles. The molecule has 31 heavy (non-hydrogen) atoms. The Morgan fingerprint density at radius 3 is 2.32 bits per heavy atom. The second-order valence-electron chi connectivity index (χ2n) is 7.47. The number of carbonyl (C=O) groups excluding carboxylic acids is 3. The number of hydrogen-bond donors (Lipinski definition) is 1. The first kappa shape index (κ1) is 22.5. The Hall–Kier alpha value is -3.23. The number of aldehydes is 1. The Labute approximate surface area is 180 Å². The molecule has 3 atom stereocenters. The van der Waals surface area contributed by atoms with Gasteiger partial charge in [0.25, 0.3) is 0 Å². The summed E-state index contributed by atoms with van der Waals surface area (Å²) >= 11 is 0. The summed E-state index contributed by atoms with van der Waals surface area (Å²) in [7, 11) is 0. The number of benzene rings is 2. The van der Waals surface area contributed by atoms with E-state index >= 15 is 0 Å². The zero-order valence-electron chi connectivity index (χ0n) is 17.4. The van der Waals surface area contributed by atoms with E-state index in [0.29, 0.717) is 11.8 Å². The van der Waals surface area contributed by atoms with Gasteiger partial charge < -0.3 is 29.1 Å². The van der Waals surface area contributed by atoms with Crippen molar-refractivity contribution in [1.82, 2.24) is 5.32 Å². The maximum Gasteiger partial charge on any atom is 0.408 e. The summed E-state index contributed by atoms with van der Waals surface area (Å²) in [5.41, 5.74) is 1.21.